The molecule has 0 aromatic carbocycles. The molecule has 25 heavy (non-hydrogen) atoms. The Morgan fingerprint density at radius 2 is 1.92 bits per heavy atom. The number of amides is 1. The molecule has 0 aromatic rings. The smallest absolute Gasteiger partial charge is 0.303 e. The lowest BCUT2D eigenvalue weighted by molar-refractivity contribution is -0.137. The summed E-state index contributed by atoms with van der Waals surface area (Å²) in [6.45, 7) is 2.95. The minimum atomic E-state index is -0.733. The average molecular weight is 356 g/mol. The molecule has 2 N–H and O–H groups in total. The van der Waals surface area contributed by atoms with Crippen LogP contribution < -0.4 is 0 Å². The van der Waals surface area contributed by atoms with Crippen LogP contribution in [0, 0.1) is 0 Å². The van der Waals surface area contributed by atoms with E-state index in [0.29, 0.717) is 6.42 Å². The number of likely N-dealkylation sites (tertiary alicyclic amines) is 1. The second-order valence-corrected chi connectivity index (χ2v) is 7.42. The fourth-order valence-corrected chi connectivity index (χ4v) is 3.67. The lowest BCUT2D eigenvalue weighted by Crippen LogP contribution is -2.44. The molecule has 0 spiro atoms. The van der Waals surface area contributed by atoms with Crippen molar-refractivity contribution in [3.05, 3.63) is 0 Å². The van der Waals surface area contributed by atoms with Crippen molar-refractivity contribution in [1.29, 1.82) is 0 Å². The summed E-state index contributed by atoms with van der Waals surface area (Å²) in [4.78, 5) is 24.8. The number of unbranched alkanes of at least 4 members (excludes halogenated alkanes) is 5. The molecule has 1 heterocycles. The lowest BCUT2D eigenvalue weighted by atomic mass is 9.94. The zero-order valence-corrected chi connectivity index (χ0v) is 15.9. The standard InChI is InChI=1S/C20H37NO4/c1-2-3-6-11-18(22)15-14-17-10-9-12-19(23)21(17)16-8-5-4-7-13-20(24)25/h17-18,22H,2-16H2,1H3,(H,24,25)/t17?,18-/m1/s1. The van der Waals surface area contributed by atoms with Gasteiger partial charge in [0.05, 0.1) is 6.10 Å². The van der Waals surface area contributed by atoms with E-state index in [9.17, 15) is 14.7 Å². The summed E-state index contributed by atoms with van der Waals surface area (Å²) in [6, 6.07) is 0.279. The average Bonchev–Trinajstić information content (AvgIpc) is 2.57. The molecule has 0 aromatic heterocycles. The Kier molecular flexibility index (Phi) is 11.5. The molecule has 0 saturated carbocycles. The molecule has 1 aliphatic heterocycles. The number of carbonyl (C=O) groups excluding carboxylic acids is 1. The van der Waals surface area contributed by atoms with Gasteiger partial charge in [0, 0.05) is 25.4 Å². The molecule has 0 radical (unpaired) electrons. The SMILES string of the molecule is CCCCC[C@@H](O)CCC1CCCC(=O)N1CCCCCCC(=O)O. The molecule has 1 unspecified atom stereocenters. The van der Waals surface area contributed by atoms with Gasteiger partial charge < -0.3 is 15.1 Å². The van der Waals surface area contributed by atoms with E-state index in [2.05, 4.69) is 6.92 Å². The van der Waals surface area contributed by atoms with Crippen molar-refractivity contribution in [1.82, 2.24) is 4.90 Å². The van der Waals surface area contributed by atoms with E-state index in [4.69, 9.17) is 5.11 Å². The maximum atomic E-state index is 12.3. The van der Waals surface area contributed by atoms with Gasteiger partial charge in [0.2, 0.25) is 5.91 Å². The Morgan fingerprint density at radius 3 is 2.64 bits per heavy atom. The quantitative estimate of drug-likeness (QED) is 0.459. The van der Waals surface area contributed by atoms with Gasteiger partial charge in [-0.2, -0.15) is 0 Å². The Morgan fingerprint density at radius 1 is 1.16 bits per heavy atom. The van der Waals surface area contributed by atoms with Crippen LogP contribution in [0.1, 0.15) is 96.8 Å². The number of aliphatic hydroxyl groups excluding tert-OH is 1. The van der Waals surface area contributed by atoms with Crippen LogP contribution in [0.25, 0.3) is 0 Å². The Hall–Kier alpha value is -1.10. The maximum Gasteiger partial charge on any atom is 0.303 e. The molecular formula is C20H37NO4. The predicted octanol–water partition coefficient (Wildman–Crippen LogP) is 4.12. The third-order valence-corrected chi connectivity index (χ3v) is 5.20. The minimum absolute atomic E-state index is 0.235. The van der Waals surface area contributed by atoms with E-state index in [-0.39, 0.29) is 24.5 Å². The molecular weight excluding hydrogens is 318 g/mol. The molecule has 1 saturated heterocycles. The summed E-state index contributed by atoms with van der Waals surface area (Å²) < 4.78 is 0. The fraction of sp³-hybridized carbons (Fsp3) is 0.900. The first-order valence-electron chi connectivity index (χ1n) is 10.2. The number of rotatable bonds is 14. The van der Waals surface area contributed by atoms with Gasteiger partial charge in [0.15, 0.2) is 0 Å². The Balaban J connectivity index is 2.27. The fourth-order valence-electron chi connectivity index (χ4n) is 3.67. The molecule has 0 bridgehead atoms. The van der Waals surface area contributed by atoms with Crippen molar-refractivity contribution in [3.8, 4) is 0 Å². The number of hydrogen-bond donors (Lipinski definition) is 2. The van der Waals surface area contributed by atoms with Crippen LogP contribution in [-0.4, -0.2) is 45.7 Å². The number of nitrogens with zero attached hydrogens (tertiary/aromatic N) is 1. The number of aliphatic hydroxyl groups is 1. The van der Waals surface area contributed by atoms with E-state index in [1.807, 2.05) is 4.90 Å². The first-order valence-corrected chi connectivity index (χ1v) is 10.2. The molecule has 1 aliphatic rings. The Labute approximate surface area is 152 Å². The van der Waals surface area contributed by atoms with E-state index in [1.54, 1.807) is 0 Å². The van der Waals surface area contributed by atoms with Gasteiger partial charge in [0.25, 0.3) is 0 Å². The normalized spacial score (nSPS) is 19.2. The van der Waals surface area contributed by atoms with Crippen molar-refractivity contribution >= 4 is 11.9 Å². The molecule has 5 nitrogen and oxygen atoms in total. The molecule has 146 valence electrons. The largest absolute Gasteiger partial charge is 0.481 e. The Bertz CT molecular complexity index is 386. The van der Waals surface area contributed by atoms with Crippen molar-refractivity contribution in [3.63, 3.8) is 0 Å². The molecule has 2 atom stereocenters. The van der Waals surface area contributed by atoms with Gasteiger partial charge >= 0.3 is 5.97 Å². The van der Waals surface area contributed by atoms with Crippen LogP contribution in [0.2, 0.25) is 0 Å². The number of carbonyl (C=O) groups is 2. The highest BCUT2D eigenvalue weighted by Crippen LogP contribution is 2.24. The highest BCUT2D eigenvalue weighted by Gasteiger charge is 2.27. The third kappa shape index (κ3) is 9.83. The van der Waals surface area contributed by atoms with Crippen molar-refractivity contribution in [2.75, 3.05) is 6.54 Å². The third-order valence-electron chi connectivity index (χ3n) is 5.20. The molecule has 1 amide bonds. The van der Waals surface area contributed by atoms with Gasteiger partial charge in [-0.05, 0) is 44.9 Å². The summed E-state index contributed by atoms with van der Waals surface area (Å²) in [6.07, 6.45) is 12.2. The number of carboxylic acids is 1. The van der Waals surface area contributed by atoms with Crippen molar-refractivity contribution in [2.24, 2.45) is 0 Å². The monoisotopic (exact) mass is 355 g/mol. The maximum absolute atomic E-state index is 12.3. The number of hydrogen-bond acceptors (Lipinski definition) is 3. The minimum Gasteiger partial charge on any atom is -0.481 e. The zero-order valence-electron chi connectivity index (χ0n) is 15.9. The van der Waals surface area contributed by atoms with E-state index < -0.39 is 5.97 Å². The number of carboxylic acid groups (broad SMARTS) is 1. The highest BCUT2D eigenvalue weighted by atomic mass is 16.4. The van der Waals surface area contributed by atoms with Crippen molar-refractivity contribution < 1.29 is 19.8 Å². The van der Waals surface area contributed by atoms with E-state index in [1.165, 1.54) is 12.8 Å². The van der Waals surface area contributed by atoms with Crippen LogP contribution in [0.5, 0.6) is 0 Å². The van der Waals surface area contributed by atoms with Crippen molar-refractivity contribution in [2.45, 2.75) is 109 Å². The second-order valence-electron chi connectivity index (χ2n) is 7.42. The van der Waals surface area contributed by atoms with Crippen LogP contribution >= 0.6 is 0 Å². The van der Waals surface area contributed by atoms with Gasteiger partial charge in [-0.1, -0.05) is 39.0 Å². The summed E-state index contributed by atoms with van der Waals surface area (Å²) in [5, 5.41) is 18.8. The number of piperidine rings is 1. The first kappa shape index (κ1) is 21.9. The van der Waals surface area contributed by atoms with Crippen LogP contribution in [-0.2, 0) is 9.59 Å². The van der Waals surface area contributed by atoms with Gasteiger partial charge in [-0.15, -0.1) is 0 Å². The van der Waals surface area contributed by atoms with Crippen LogP contribution in [0.3, 0.4) is 0 Å². The lowest BCUT2D eigenvalue weighted by Gasteiger charge is -2.36. The van der Waals surface area contributed by atoms with Gasteiger partial charge in [0.1, 0.15) is 0 Å². The van der Waals surface area contributed by atoms with Gasteiger partial charge in [-0.3, -0.25) is 9.59 Å². The molecule has 0 aliphatic carbocycles. The molecule has 1 rings (SSSR count). The topological polar surface area (TPSA) is 77.8 Å². The number of aliphatic carboxylic acids is 1. The zero-order chi connectivity index (χ0) is 18.5. The van der Waals surface area contributed by atoms with Crippen LogP contribution in [0.15, 0.2) is 0 Å². The van der Waals surface area contributed by atoms with Gasteiger partial charge in [-0.25, -0.2) is 0 Å². The second kappa shape index (κ2) is 13.2. The summed E-state index contributed by atoms with van der Waals surface area (Å²) in [5.41, 5.74) is 0. The summed E-state index contributed by atoms with van der Waals surface area (Å²) >= 11 is 0. The van der Waals surface area contributed by atoms with Crippen LogP contribution in [0.4, 0.5) is 0 Å². The van der Waals surface area contributed by atoms with E-state index in [0.717, 1.165) is 70.8 Å². The highest BCUT2D eigenvalue weighted by molar-refractivity contribution is 5.77. The predicted molar refractivity (Wildman–Crippen MR) is 99.5 cm³/mol. The van der Waals surface area contributed by atoms with E-state index >= 15 is 0 Å². The molecule has 1 fully saturated rings. The summed E-state index contributed by atoms with van der Waals surface area (Å²) in [7, 11) is 0. The molecule has 5 heteroatoms. The summed E-state index contributed by atoms with van der Waals surface area (Å²) in [5.74, 6) is -0.481. The first-order chi connectivity index (χ1) is 12.0.